The average molecular weight is 477 g/mol. The molecule has 32 heavy (non-hydrogen) atoms. The number of rotatable bonds is 7. The van der Waals surface area contributed by atoms with E-state index in [1.54, 1.807) is 18.4 Å². The zero-order valence-corrected chi connectivity index (χ0v) is 20.2. The fraction of sp³-hybridized carbons (Fsp3) is 0.500. The number of hydrogen-bond donors (Lipinski definition) is 0. The second-order valence-corrected chi connectivity index (χ2v) is 9.71. The summed E-state index contributed by atoms with van der Waals surface area (Å²) >= 11 is 3.08. The molecule has 1 atom stereocenters. The number of aliphatic imine (C=N–C) groups is 1. The van der Waals surface area contributed by atoms with Gasteiger partial charge in [-0.05, 0) is 30.8 Å². The maximum Gasteiger partial charge on any atom is 0.338 e. The highest BCUT2D eigenvalue weighted by molar-refractivity contribution is 8.16. The van der Waals surface area contributed by atoms with Gasteiger partial charge < -0.3 is 24.2 Å². The number of carbonyl (C=O) groups is 2. The molecule has 0 saturated carbocycles. The van der Waals surface area contributed by atoms with E-state index in [9.17, 15) is 9.59 Å². The van der Waals surface area contributed by atoms with Crippen LogP contribution in [0, 0.1) is 0 Å². The first-order valence-corrected chi connectivity index (χ1v) is 12.4. The van der Waals surface area contributed by atoms with Gasteiger partial charge in [-0.3, -0.25) is 4.79 Å². The molecule has 4 rings (SSSR count). The van der Waals surface area contributed by atoms with E-state index in [0.717, 1.165) is 41.9 Å². The van der Waals surface area contributed by atoms with Crippen molar-refractivity contribution in [3.8, 4) is 0 Å². The van der Waals surface area contributed by atoms with Crippen LogP contribution in [-0.2, 0) is 19.1 Å². The highest BCUT2D eigenvalue weighted by Crippen LogP contribution is 2.46. The third-order valence-corrected chi connectivity index (χ3v) is 7.56. The van der Waals surface area contributed by atoms with Crippen LogP contribution in [-0.4, -0.2) is 85.3 Å². The molecule has 172 valence electrons. The van der Waals surface area contributed by atoms with Gasteiger partial charge >= 0.3 is 5.97 Å². The van der Waals surface area contributed by atoms with Crippen molar-refractivity contribution in [1.82, 2.24) is 14.7 Å². The standard InChI is InChI=1S/C22H28N4O4S2/c1-15-19(21(28)30-11-10-29-3)20(17-5-4-12-31-17)26-16(14-32-22(26)23-15)13-18(27)25-8-6-24(2)7-9-25/h4-5,12,14,20H,6-11,13H2,1-3H3. The molecule has 0 spiro atoms. The van der Waals surface area contributed by atoms with Crippen molar-refractivity contribution >= 4 is 40.1 Å². The lowest BCUT2D eigenvalue weighted by Gasteiger charge is -2.36. The second-order valence-electron chi connectivity index (χ2n) is 7.90. The van der Waals surface area contributed by atoms with Crippen molar-refractivity contribution in [3.05, 3.63) is 44.8 Å². The van der Waals surface area contributed by atoms with E-state index < -0.39 is 5.97 Å². The molecular formula is C22H28N4O4S2. The average Bonchev–Trinajstić information content (AvgIpc) is 3.44. The number of hydrogen-bond acceptors (Lipinski definition) is 9. The minimum Gasteiger partial charge on any atom is -0.460 e. The predicted octanol–water partition coefficient (Wildman–Crippen LogP) is 2.68. The Labute approximate surface area is 196 Å². The summed E-state index contributed by atoms with van der Waals surface area (Å²) in [5.74, 6) is -0.297. The zero-order chi connectivity index (χ0) is 22.7. The van der Waals surface area contributed by atoms with E-state index in [0.29, 0.717) is 17.9 Å². The number of carbonyl (C=O) groups excluding carboxylic acids is 2. The van der Waals surface area contributed by atoms with Crippen molar-refractivity contribution in [2.75, 3.05) is 53.6 Å². The third kappa shape index (κ3) is 4.78. The number of nitrogens with zero attached hydrogens (tertiary/aromatic N) is 4. The number of thioether (sulfide) groups is 1. The van der Waals surface area contributed by atoms with Gasteiger partial charge in [0.2, 0.25) is 5.91 Å². The fourth-order valence-corrected chi connectivity index (χ4v) is 5.75. The molecule has 1 unspecified atom stereocenters. The summed E-state index contributed by atoms with van der Waals surface area (Å²) in [7, 11) is 3.64. The van der Waals surface area contributed by atoms with Gasteiger partial charge in [-0.15, -0.1) is 11.3 Å². The molecule has 1 saturated heterocycles. The van der Waals surface area contributed by atoms with Gasteiger partial charge in [0.1, 0.15) is 12.6 Å². The minimum absolute atomic E-state index is 0.103. The summed E-state index contributed by atoms with van der Waals surface area (Å²) in [6.45, 7) is 5.59. The normalized spacial score (nSPS) is 21.4. The topological polar surface area (TPSA) is 74.7 Å². The molecule has 0 radical (unpaired) electrons. The van der Waals surface area contributed by atoms with Gasteiger partial charge in [0.25, 0.3) is 0 Å². The number of methoxy groups -OCH3 is 1. The molecular weight excluding hydrogens is 448 g/mol. The molecule has 3 aliphatic rings. The third-order valence-electron chi connectivity index (χ3n) is 5.74. The molecule has 1 amide bonds. The molecule has 0 bridgehead atoms. The van der Waals surface area contributed by atoms with E-state index in [1.165, 1.54) is 11.8 Å². The van der Waals surface area contributed by atoms with Crippen LogP contribution < -0.4 is 0 Å². The van der Waals surface area contributed by atoms with Crippen molar-refractivity contribution in [1.29, 1.82) is 0 Å². The minimum atomic E-state index is -0.401. The lowest BCUT2D eigenvalue weighted by atomic mass is 9.99. The number of allylic oxidation sites excluding steroid dienone is 1. The lowest BCUT2D eigenvalue weighted by molar-refractivity contribution is -0.141. The van der Waals surface area contributed by atoms with E-state index >= 15 is 0 Å². The summed E-state index contributed by atoms with van der Waals surface area (Å²) in [5, 5.41) is 4.77. The van der Waals surface area contributed by atoms with Crippen LogP contribution in [0.4, 0.5) is 0 Å². The SMILES string of the molecule is COCCOC(=O)C1=C(C)N=C2SC=C(CC(=O)N3CCN(C)CC3)N2C1c1cccs1. The maximum absolute atomic E-state index is 13.1. The van der Waals surface area contributed by atoms with Gasteiger partial charge in [-0.1, -0.05) is 17.8 Å². The number of amidine groups is 1. The van der Waals surface area contributed by atoms with Crippen LogP contribution in [0.2, 0.25) is 0 Å². The van der Waals surface area contributed by atoms with Crippen molar-refractivity contribution in [2.45, 2.75) is 19.4 Å². The Morgan fingerprint density at radius 1 is 1.22 bits per heavy atom. The van der Waals surface area contributed by atoms with Crippen LogP contribution in [0.3, 0.4) is 0 Å². The quantitative estimate of drug-likeness (QED) is 0.442. The van der Waals surface area contributed by atoms with E-state index in [1.807, 2.05) is 39.6 Å². The van der Waals surface area contributed by atoms with Gasteiger partial charge in [0.15, 0.2) is 5.17 Å². The number of likely N-dealkylation sites (N-methyl/N-ethyl adjacent to an activating group) is 1. The number of piperazine rings is 1. The molecule has 1 aromatic heterocycles. The first-order chi connectivity index (χ1) is 15.5. The number of ether oxygens (including phenoxy) is 2. The second kappa shape index (κ2) is 10.2. The summed E-state index contributed by atoms with van der Waals surface area (Å²) in [4.78, 5) is 38.0. The van der Waals surface area contributed by atoms with E-state index in [2.05, 4.69) is 16.9 Å². The van der Waals surface area contributed by atoms with Crippen LogP contribution in [0.25, 0.3) is 0 Å². The van der Waals surface area contributed by atoms with E-state index in [4.69, 9.17) is 9.47 Å². The summed E-state index contributed by atoms with van der Waals surface area (Å²) in [6.07, 6.45) is 0.280. The molecule has 4 heterocycles. The maximum atomic E-state index is 13.1. The summed E-state index contributed by atoms with van der Waals surface area (Å²) < 4.78 is 10.5. The largest absolute Gasteiger partial charge is 0.460 e. The predicted molar refractivity (Wildman–Crippen MR) is 126 cm³/mol. The number of fused-ring (bicyclic) bond motifs is 1. The molecule has 1 fully saturated rings. The Bertz CT molecular complexity index is 949. The molecule has 8 nitrogen and oxygen atoms in total. The Morgan fingerprint density at radius 2 is 2.00 bits per heavy atom. The van der Waals surface area contributed by atoms with Crippen molar-refractivity contribution in [2.24, 2.45) is 4.99 Å². The first kappa shape index (κ1) is 23.0. The highest BCUT2D eigenvalue weighted by atomic mass is 32.2. The van der Waals surface area contributed by atoms with Crippen molar-refractivity contribution < 1.29 is 19.1 Å². The molecule has 10 heteroatoms. The fourth-order valence-electron chi connectivity index (χ4n) is 3.96. The van der Waals surface area contributed by atoms with Crippen LogP contribution in [0.5, 0.6) is 0 Å². The summed E-state index contributed by atoms with van der Waals surface area (Å²) in [6, 6.07) is 3.62. The zero-order valence-electron chi connectivity index (χ0n) is 18.6. The lowest BCUT2D eigenvalue weighted by Crippen LogP contribution is -2.47. The van der Waals surface area contributed by atoms with Gasteiger partial charge in [-0.2, -0.15) is 0 Å². The first-order valence-electron chi connectivity index (χ1n) is 10.6. The van der Waals surface area contributed by atoms with Crippen molar-refractivity contribution in [3.63, 3.8) is 0 Å². The number of esters is 1. The number of amides is 1. The molecule has 0 aliphatic carbocycles. The monoisotopic (exact) mass is 476 g/mol. The molecule has 3 aliphatic heterocycles. The highest BCUT2D eigenvalue weighted by Gasteiger charge is 2.42. The number of thiophene rings is 1. The Kier molecular flexibility index (Phi) is 7.34. The summed E-state index contributed by atoms with van der Waals surface area (Å²) in [5.41, 5.74) is 2.02. The van der Waals surface area contributed by atoms with Gasteiger partial charge in [-0.25, -0.2) is 9.79 Å². The Hall–Kier alpha value is -2.14. The molecule has 1 aromatic rings. The van der Waals surface area contributed by atoms with Crippen LogP contribution >= 0.6 is 23.1 Å². The Morgan fingerprint density at radius 3 is 2.69 bits per heavy atom. The van der Waals surface area contributed by atoms with Gasteiger partial charge in [0.05, 0.1) is 24.3 Å². The molecule has 0 aromatic carbocycles. The molecule has 0 N–H and O–H groups in total. The van der Waals surface area contributed by atoms with Gasteiger partial charge in [0, 0.05) is 43.9 Å². The Balaban J connectivity index is 1.58. The van der Waals surface area contributed by atoms with Crippen LogP contribution in [0.15, 0.2) is 44.9 Å². The smallest absolute Gasteiger partial charge is 0.338 e. The van der Waals surface area contributed by atoms with Crippen LogP contribution in [0.1, 0.15) is 24.3 Å². The van der Waals surface area contributed by atoms with E-state index in [-0.39, 0.29) is 25.0 Å².